The van der Waals surface area contributed by atoms with E-state index in [-0.39, 0.29) is 29.1 Å². The highest BCUT2D eigenvalue weighted by Crippen LogP contribution is 2.35. The molecule has 1 heterocycles. The molecule has 37 heavy (non-hydrogen) atoms. The average molecular weight is 601 g/mol. The van der Waals surface area contributed by atoms with Gasteiger partial charge in [0.2, 0.25) is 15.9 Å². The number of hydrogen-bond donors (Lipinski definition) is 2. The number of rotatable bonds is 9. The first kappa shape index (κ1) is 30.0. The third kappa shape index (κ3) is 9.01. The topological polar surface area (TPSA) is 78.5 Å². The van der Waals surface area contributed by atoms with Crippen LogP contribution < -0.4 is 10.0 Å². The lowest BCUT2D eigenvalue weighted by Gasteiger charge is -2.32. The van der Waals surface area contributed by atoms with E-state index in [4.69, 9.17) is 34.8 Å². The molecular formula is C24H27Cl3F3N3O3S. The highest BCUT2D eigenvalue weighted by molar-refractivity contribution is 7.88. The molecule has 1 atom stereocenters. The summed E-state index contributed by atoms with van der Waals surface area (Å²) < 4.78 is 65.2. The van der Waals surface area contributed by atoms with E-state index >= 15 is 0 Å². The quantitative estimate of drug-likeness (QED) is 0.400. The molecule has 1 aliphatic heterocycles. The number of piperidine rings is 1. The van der Waals surface area contributed by atoms with Crippen LogP contribution in [0.2, 0.25) is 15.1 Å². The molecule has 0 saturated carbocycles. The first-order chi connectivity index (χ1) is 17.2. The minimum absolute atomic E-state index is 0.112. The summed E-state index contributed by atoms with van der Waals surface area (Å²) in [5.41, 5.74) is -0.0678. The Kier molecular flexibility index (Phi) is 10.2. The van der Waals surface area contributed by atoms with E-state index in [9.17, 15) is 26.4 Å². The van der Waals surface area contributed by atoms with Crippen LogP contribution in [0.25, 0.3) is 0 Å². The monoisotopic (exact) mass is 599 g/mol. The largest absolute Gasteiger partial charge is 0.417 e. The van der Waals surface area contributed by atoms with Crippen molar-refractivity contribution in [3.05, 3.63) is 68.2 Å². The number of nitrogens with one attached hydrogen (secondary N) is 2. The van der Waals surface area contributed by atoms with Gasteiger partial charge in [0, 0.05) is 12.6 Å². The van der Waals surface area contributed by atoms with Gasteiger partial charge in [-0.25, -0.2) is 13.1 Å². The summed E-state index contributed by atoms with van der Waals surface area (Å²) in [6, 6.07) is 8.29. The Hall–Kier alpha value is -1.56. The van der Waals surface area contributed by atoms with Crippen molar-refractivity contribution in [3.63, 3.8) is 0 Å². The van der Waals surface area contributed by atoms with Gasteiger partial charge in [-0.2, -0.15) is 13.2 Å². The fourth-order valence-electron chi connectivity index (χ4n) is 4.28. The fraction of sp³-hybridized carbons (Fsp3) is 0.458. The van der Waals surface area contributed by atoms with E-state index in [1.54, 1.807) is 18.2 Å². The Morgan fingerprint density at radius 2 is 1.70 bits per heavy atom. The second-order valence-electron chi connectivity index (χ2n) is 9.05. The van der Waals surface area contributed by atoms with Gasteiger partial charge in [-0.3, -0.25) is 4.79 Å². The Morgan fingerprint density at radius 3 is 2.30 bits per heavy atom. The van der Waals surface area contributed by atoms with Gasteiger partial charge in [0.25, 0.3) is 0 Å². The number of benzene rings is 2. The molecule has 2 aromatic carbocycles. The van der Waals surface area contributed by atoms with Gasteiger partial charge in [0.1, 0.15) is 0 Å². The van der Waals surface area contributed by atoms with Gasteiger partial charge in [0.05, 0.1) is 32.8 Å². The van der Waals surface area contributed by atoms with Crippen molar-refractivity contribution in [1.29, 1.82) is 0 Å². The Balaban J connectivity index is 1.68. The Bertz CT molecular complexity index is 1220. The number of hydrogen-bond acceptors (Lipinski definition) is 4. The number of nitrogens with zero attached hydrogens (tertiary/aromatic N) is 1. The van der Waals surface area contributed by atoms with Gasteiger partial charge in [-0.05, 0) is 74.3 Å². The van der Waals surface area contributed by atoms with Crippen molar-refractivity contribution in [3.8, 4) is 0 Å². The summed E-state index contributed by atoms with van der Waals surface area (Å²) in [7, 11) is -3.28. The third-order valence-corrected chi connectivity index (χ3v) is 8.00. The summed E-state index contributed by atoms with van der Waals surface area (Å²) in [5.74, 6) is -0.994. The van der Waals surface area contributed by atoms with Gasteiger partial charge in [0.15, 0.2) is 0 Å². The molecule has 1 aliphatic rings. The molecule has 13 heteroatoms. The minimum atomic E-state index is -4.61. The normalized spacial score (nSPS) is 16.5. The van der Waals surface area contributed by atoms with Crippen molar-refractivity contribution in [2.45, 2.75) is 43.9 Å². The average Bonchev–Trinajstić information content (AvgIpc) is 2.80. The molecule has 2 aromatic rings. The molecule has 0 aromatic heterocycles. The van der Waals surface area contributed by atoms with E-state index < -0.39 is 32.7 Å². The Morgan fingerprint density at radius 1 is 1.05 bits per heavy atom. The number of halogens is 6. The van der Waals surface area contributed by atoms with Crippen LogP contribution in [0.15, 0.2) is 36.4 Å². The van der Waals surface area contributed by atoms with Crippen molar-refractivity contribution >= 4 is 50.7 Å². The minimum Gasteiger partial charge on any atom is -0.351 e. The molecule has 0 radical (unpaired) electrons. The van der Waals surface area contributed by atoms with Crippen molar-refractivity contribution in [1.82, 2.24) is 14.9 Å². The first-order valence-corrected chi connectivity index (χ1v) is 14.5. The van der Waals surface area contributed by atoms with E-state index in [1.807, 2.05) is 0 Å². The smallest absolute Gasteiger partial charge is 0.351 e. The van der Waals surface area contributed by atoms with Crippen molar-refractivity contribution in [2.75, 3.05) is 25.9 Å². The summed E-state index contributed by atoms with van der Waals surface area (Å²) >= 11 is 17.9. The van der Waals surface area contributed by atoms with Crippen LogP contribution in [0.4, 0.5) is 13.2 Å². The molecule has 6 nitrogen and oxygen atoms in total. The molecular weight excluding hydrogens is 574 g/mol. The van der Waals surface area contributed by atoms with Crippen LogP contribution in [0.1, 0.15) is 41.9 Å². The number of carbonyl (C=O) groups excluding carboxylic acids is 1. The van der Waals surface area contributed by atoms with Crippen molar-refractivity contribution in [2.24, 2.45) is 0 Å². The van der Waals surface area contributed by atoms with Gasteiger partial charge in [-0.1, -0.05) is 46.9 Å². The lowest BCUT2D eigenvalue weighted by atomic mass is 9.93. The molecule has 204 valence electrons. The molecule has 0 bridgehead atoms. The Labute approximate surface area is 229 Å². The number of likely N-dealkylation sites (tertiary alicyclic amines) is 1. The van der Waals surface area contributed by atoms with Gasteiger partial charge >= 0.3 is 6.18 Å². The maximum absolute atomic E-state index is 13.2. The maximum Gasteiger partial charge on any atom is 0.417 e. The number of amides is 1. The maximum atomic E-state index is 13.2. The van der Waals surface area contributed by atoms with Crippen LogP contribution in [0.5, 0.6) is 0 Å². The van der Waals surface area contributed by atoms with Crippen LogP contribution in [-0.4, -0.2) is 51.2 Å². The molecule has 1 fully saturated rings. The second kappa shape index (κ2) is 12.5. The lowest BCUT2D eigenvalue weighted by molar-refractivity contribution is -0.137. The zero-order valence-corrected chi connectivity index (χ0v) is 23.0. The van der Waals surface area contributed by atoms with Crippen LogP contribution in [-0.2, 0) is 27.5 Å². The second-order valence-corrected chi connectivity index (χ2v) is 12.1. The highest BCUT2D eigenvalue weighted by atomic mass is 35.5. The summed E-state index contributed by atoms with van der Waals surface area (Å²) in [6.07, 6.45) is -1.76. The van der Waals surface area contributed by atoms with E-state index in [0.717, 1.165) is 18.4 Å². The number of carbonyl (C=O) groups is 1. The molecule has 0 spiro atoms. The predicted molar refractivity (Wildman–Crippen MR) is 140 cm³/mol. The van der Waals surface area contributed by atoms with Crippen molar-refractivity contribution < 1.29 is 26.4 Å². The highest BCUT2D eigenvalue weighted by Gasteiger charge is 2.33. The standard InChI is InChI=1S/C24H27Cl3F3N3O3S/c1-37(35,36)32-17-6-9-33(10-7-17)11-8-18(16-3-5-21(26)22(27)13-16)23(34)31-14-15-2-4-20(25)19(12-15)24(28,29)30/h2-5,12-13,17-18,32H,6-11,14H2,1H3,(H,31,34). The molecule has 0 aliphatic carbocycles. The predicted octanol–water partition coefficient (Wildman–Crippen LogP) is 5.47. The zero-order valence-electron chi connectivity index (χ0n) is 19.9. The summed E-state index contributed by atoms with van der Waals surface area (Å²) in [4.78, 5) is 15.4. The first-order valence-electron chi connectivity index (χ1n) is 11.5. The summed E-state index contributed by atoms with van der Waals surface area (Å²) in [6.45, 7) is 1.77. The third-order valence-electron chi connectivity index (χ3n) is 6.17. The molecule has 1 saturated heterocycles. The van der Waals surface area contributed by atoms with E-state index in [2.05, 4.69) is 14.9 Å². The number of alkyl halides is 3. The molecule has 1 amide bonds. The van der Waals surface area contributed by atoms with Gasteiger partial charge < -0.3 is 10.2 Å². The summed E-state index contributed by atoms with van der Waals surface area (Å²) in [5, 5.41) is 2.95. The fourth-order valence-corrected chi connectivity index (χ4v) is 5.65. The van der Waals surface area contributed by atoms with Crippen LogP contribution >= 0.6 is 34.8 Å². The van der Waals surface area contributed by atoms with E-state index in [0.29, 0.717) is 49.5 Å². The van der Waals surface area contributed by atoms with E-state index in [1.165, 1.54) is 6.07 Å². The SMILES string of the molecule is CS(=O)(=O)NC1CCN(CCC(C(=O)NCc2ccc(Cl)c(C(F)(F)F)c2)c2ccc(Cl)c(Cl)c2)CC1. The van der Waals surface area contributed by atoms with Crippen LogP contribution in [0.3, 0.4) is 0 Å². The lowest BCUT2D eigenvalue weighted by Crippen LogP contribution is -2.45. The van der Waals surface area contributed by atoms with Gasteiger partial charge in [-0.15, -0.1) is 0 Å². The molecule has 3 rings (SSSR count). The van der Waals surface area contributed by atoms with Crippen LogP contribution in [0, 0.1) is 0 Å². The molecule has 1 unspecified atom stereocenters. The molecule has 2 N–H and O–H groups in total. The number of sulfonamides is 1. The zero-order chi connectivity index (χ0) is 27.4.